The Morgan fingerprint density at radius 1 is 1.22 bits per heavy atom. The summed E-state index contributed by atoms with van der Waals surface area (Å²) in [5, 5.41) is 12.5. The Labute approximate surface area is 112 Å². The number of rotatable bonds is 8. The van der Waals surface area contributed by atoms with E-state index in [0.717, 1.165) is 51.9 Å². The van der Waals surface area contributed by atoms with E-state index in [4.69, 9.17) is 10.8 Å². The fourth-order valence-electron chi connectivity index (χ4n) is 2.79. The van der Waals surface area contributed by atoms with Crippen LogP contribution >= 0.6 is 0 Å². The van der Waals surface area contributed by atoms with E-state index in [1.54, 1.807) is 0 Å². The minimum atomic E-state index is 0.156. The van der Waals surface area contributed by atoms with Gasteiger partial charge < -0.3 is 21.1 Å². The number of hydrogen-bond donors (Lipinski definition) is 3. The molecule has 4 heteroatoms. The van der Waals surface area contributed by atoms with Crippen molar-refractivity contribution in [2.24, 2.45) is 5.73 Å². The SMILES string of the molecule is CCN1CCCC(CN)(NCCCCCO)CC1. The number of unbranched alkanes of at least 4 members (excludes halogenated alkanes) is 2. The van der Waals surface area contributed by atoms with Crippen molar-refractivity contribution in [1.29, 1.82) is 0 Å². The second kappa shape index (κ2) is 8.86. The summed E-state index contributed by atoms with van der Waals surface area (Å²) < 4.78 is 0. The maximum absolute atomic E-state index is 8.76. The molecule has 0 aromatic rings. The second-order valence-electron chi connectivity index (χ2n) is 5.48. The average Bonchev–Trinajstić information content (AvgIpc) is 2.61. The van der Waals surface area contributed by atoms with Crippen molar-refractivity contribution in [3.05, 3.63) is 0 Å². The highest BCUT2D eigenvalue weighted by atomic mass is 16.2. The topological polar surface area (TPSA) is 61.5 Å². The van der Waals surface area contributed by atoms with E-state index in [1.807, 2.05) is 0 Å². The van der Waals surface area contributed by atoms with Crippen LogP contribution in [-0.4, -0.2) is 54.9 Å². The maximum Gasteiger partial charge on any atom is 0.0431 e. The van der Waals surface area contributed by atoms with Gasteiger partial charge in [0.25, 0.3) is 0 Å². The molecular weight excluding hydrogens is 226 g/mol. The molecule has 0 bridgehead atoms. The monoisotopic (exact) mass is 257 g/mol. The van der Waals surface area contributed by atoms with Gasteiger partial charge in [-0.2, -0.15) is 0 Å². The normalized spacial score (nSPS) is 26.2. The lowest BCUT2D eigenvalue weighted by molar-refractivity contribution is 0.260. The van der Waals surface area contributed by atoms with Crippen molar-refractivity contribution in [1.82, 2.24) is 10.2 Å². The molecule has 0 aromatic carbocycles. The Balaban J connectivity index is 2.32. The molecule has 0 amide bonds. The number of nitrogens with two attached hydrogens (primary N) is 1. The van der Waals surface area contributed by atoms with Crippen LogP contribution in [-0.2, 0) is 0 Å². The highest BCUT2D eigenvalue weighted by Gasteiger charge is 2.30. The van der Waals surface area contributed by atoms with E-state index in [9.17, 15) is 0 Å². The fourth-order valence-corrected chi connectivity index (χ4v) is 2.79. The highest BCUT2D eigenvalue weighted by Crippen LogP contribution is 2.21. The summed E-state index contributed by atoms with van der Waals surface area (Å²) in [5.74, 6) is 0. The quantitative estimate of drug-likeness (QED) is 0.566. The number of likely N-dealkylation sites (tertiary alicyclic amines) is 1. The number of nitrogens with zero attached hydrogens (tertiary/aromatic N) is 1. The third kappa shape index (κ3) is 5.22. The molecule has 4 nitrogen and oxygen atoms in total. The van der Waals surface area contributed by atoms with Crippen molar-refractivity contribution in [2.75, 3.05) is 39.3 Å². The molecule has 18 heavy (non-hydrogen) atoms. The summed E-state index contributed by atoms with van der Waals surface area (Å²) in [5.41, 5.74) is 6.17. The molecule has 1 fully saturated rings. The summed E-state index contributed by atoms with van der Waals surface area (Å²) in [7, 11) is 0. The largest absolute Gasteiger partial charge is 0.396 e. The van der Waals surface area contributed by atoms with Gasteiger partial charge in [0.1, 0.15) is 0 Å². The molecule has 108 valence electrons. The predicted molar refractivity (Wildman–Crippen MR) is 76.7 cm³/mol. The first kappa shape index (κ1) is 15.9. The van der Waals surface area contributed by atoms with Crippen LogP contribution in [0.15, 0.2) is 0 Å². The predicted octanol–water partition coefficient (Wildman–Crippen LogP) is 0.942. The first-order valence-corrected chi connectivity index (χ1v) is 7.54. The molecule has 4 N–H and O–H groups in total. The Bertz CT molecular complexity index is 213. The van der Waals surface area contributed by atoms with Gasteiger partial charge in [-0.15, -0.1) is 0 Å². The van der Waals surface area contributed by atoms with E-state index in [0.29, 0.717) is 6.61 Å². The molecule has 1 aliphatic rings. The average molecular weight is 257 g/mol. The zero-order chi connectivity index (χ0) is 13.3. The summed E-state index contributed by atoms with van der Waals surface area (Å²) in [6.45, 7) is 7.85. The van der Waals surface area contributed by atoms with Crippen molar-refractivity contribution in [3.63, 3.8) is 0 Å². The molecular formula is C14H31N3O. The van der Waals surface area contributed by atoms with Crippen molar-refractivity contribution in [3.8, 4) is 0 Å². The second-order valence-corrected chi connectivity index (χ2v) is 5.48. The van der Waals surface area contributed by atoms with Crippen LogP contribution in [0.1, 0.15) is 45.4 Å². The van der Waals surface area contributed by atoms with Gasteiger partial charge >= 0.3 is 0 Å². The third-order valence-corrected chi connectivity index (χ3v) is 4.21. The van der Waals surface area contributed by atoms with Crippen LogP contribution in [0.2, 0.25) is 0 Å². The van der Waals surface area contributed by atoms with Gasteiger partial charge in [0, 0.05) is 18.7 Å². The Morgan fingerprint density at radius 2 is 2.06 bits per heavy atom. The highest BCUT2D eigenvalue weighted by molar-refractivity contribution is 4.92. The molecule has 0 aromatic heterocycles. The summed E-state index contributed by atoms with van der Waals surface area (Å²) >= 11 is 0. The lowest BCUT2D eigenvalue weighted by atomic mass is 9.90. The van der Waals surface area contributed by atoms with Gasteiger partial charge in [-0.25, -0.2) is 0 Å². The Kier molecular flexibility index (Phi) is 7.82. The van der Waals surface area contributed by atoms with Crippen LogP contribution in [0.5, 0.6) is 0 Å². The summed E-state index contributed by atoms with van der Waals surface area (Å²) in [4.78, 5) is 2.52. The van der Waals surface area contributed by atoms with E-state index in [1.165, 1.54) is 19.4 Å². The van der Waals surface area contributed by atoms with E-state index in [2.05, 4.69) is 17.1 Å². The van der Waals surface area contributed by atoms with Crippen LogP contribution in [0.3, 0.4) is 0 Å². The molecule has 0 aliphatic carbocycles. The maximum atomic E-state index is 8.76. The third-order valence-electron chi connectivity index (χ3n) is 4.21. The molecule has 1 unspecified atom stereocenters. The molecule has 0 saturated carbocycles. The Hall–Kier alpha value is -0.160. The number of aliphatic hydroxyl groups excluding tert-OH is 1. The minimum absolute atomic E-state index is 0.156. The van der Waals surface area contributed by atoms with Gasteiger partial charge in [0.15, 0.2) is 0 Å². The number of nitrogens with one attached hydrogen (secondary N) is 1. The summed E-state index contributed by atoms with van der Waals surface area (Å²) in [6.07, 6.45) is 6.76. The standard InChI is InChI=1S/C14H31N3O/c1-2-17-10-6-7-14(13-15,8-11-17)16-9-4-3-5-12-18/h16,18H,2-13,15H2,1H3. The molecule has 1 heterocycles. The van der Waals surface area contributed by atoms with Crippen LogP contribution in [0.25, 0.3) is 0 Å². The van der Waals surface area contributed by atoms with Gasteiger partial charge in [0.05, 0.1) is 0 Å². The molecule has 1 rings (SSSR count). The minimum Gasteiger partial charge on any atom is -0.396 e. The van der Waals surface area contributed by atoms with Crippen LogP contribution < -0.4 is 11.1 Å². The van der Waals surface area contributed by atoms with Crippen molar-refractivity contribution >= 4 is 0 Å². The number of hydrogen-bond acceptors (Lipinski definition) is 4. The summed E-state index contributed by atoms with van der Waals surface area (Å²) in [6, 6.07) is 0. The van der Waals surface area contributed by atoms with Crippen LogP contribution in [0.4, 0.5) is 0 Å². The van der Waals surface area contributed by atoms with Gasteiger partial charge in [-0.3, -0.25) is 0 Å². The van der Waals surface area contributed by atoms with E-state index < -0.39 is 0 Å². The van der Waals surface area contributed by atoms with Gasteiger partial charge in [0.2, 0.25) is 0 Å². The zero-order valence-electron chi connectivity index (χ0n) is 12.0. The van der Waals surface area contributed by atoms with Crippen LogP contribution in [0, 0.1) is 0 Å². The molecule has 1 atom stereocenters. The van der Waals surface area contributed by atoms with Crippen molar-refractivity contribution in [2.45, 2.75) is 51.0 Å². The lowest BCUT2D eigenvalue weighted by Gasteiger charge is -2.33. The molecule has 0 spiro atoms. The Morgan fingerprint density at radius 3 is 2.72 bits per heavy atom. The number of aliphatic hydroxyl groups is 1. The van der Waals surface area contributed by atoms with Gasteiger partial charge in [-0.1, -0.05) is 6.92 Å². The first-order valence-electron chi connectivity index (χ1n) is 7.54. The molecule has 1 saturated heterocycles. The van der Waals surface area contributed by atoms with Crippen molar-refractivity contribution < 1.29 is 5.11 Å². The fraction of sp³-hybridized carbons (Fsp3) is 1.00. The molecule has 0 radical (unpaired) electrons. The zero-order valence-corrected chi connectivity index (χ0v) is 12.0. The lowest BCUT2D eigenvalue weighted by Crippen LogP contribution is -2.52. The molecule has 1 aliphatic heterocycles. The smallest absolute Gasteiger partial charge is 0.0431 e. The van der Waals surface area contributed by atoms with Gasteiger partial charge in [-0.05, 0) is 64.7 Å². The van der Waals surface area contributed by atoms with E-state index in [-0.39, 0.29) is 5.54 Å². The first-order chi connectivity index (χ1) is 8.76. The van der Waals surface area contributed by atoms with E-state index >= 15 is 0 Å².